The minimum Gasteiger partial charge on any atom is -0.316 e. The Balaban J connectivity index is 2.40. The molecule has 1 aromatic heterocycles. The third-order valence-electron chi connectivity index (χ3n) is 4.19. The molecule has 2 rings (SSSR count). The number of hydrogen-bond acceptors (Lipinski definition) is 3. The molecule has 1 saturated heterocycles. The Morgan fingerprint density at radius 2 is 2.37 bits per heavy atom. The van der Waals surface area contributed by atoms with Crippen LogP contribution in [-0.2, 0) is 6.54 Å². The molecule has 0 bridgehead atoms. The van der Waals surface area contributed by atoms with E-state index in [-0.39, 0.29) is 11.2 Å². The van der Waals surface area contributed by atoms with E-state index >= 15 is 0 Å². The first-order valence-electron chi connectivity index (χ1n) is 6.99. The van der Waals surface area contributed by atoms with Crippen LogP contribution in [0.15, 0.2) is 10.7 Å². The van der Waals surface area contributed by atoms with Gasteiger partial charge >= 0.3 is 0 Å². The highest BCUT2D eigenvalue weighted by molar-refractivity contribution is 9.10. The van der Waals surface area contributed by atoms with Crippen molar-refractivity contribution in [2.75, 3.05) is 13.1 Å². The second-order valence-electron chi connectivity index (χ2n) is 5.63. The molecule has 1 unspecified atom stereocenters. The zero-order valence-corrected chi connectivity index (χ0v) is 13.5. The summed E-state index contributed by atoms with van der Waals surface area (Å²) in [6, 6.07) is 0. The number of nitrogens with one attached hydrogen (secondary N) is 1. The van der Waals surface area contributed by atoms with E-state index in [1.54, 1.807) is 6.20 Å². The van der Waals surface area contributed by atoms with E-state index in [1.807, 2.05) is 4.68 Å². The summed E-state index contributed by atoms with van der Waals surface area (Å²) in [4.78, 5) is 13.1. The number of aryl methyl sites for hydroxylation is 1. The first-order chi connectivity index (χ1) is 9.03. The van der Waals surface area contributed by atoms with Gasteiger partial charge in [-0.3, -0.25) is 9.48 Å². The van der Waals surface area contributed by atoms with Crippen LogP contribution < -0.4 is 5.32 Å². The fourth-order valence-corrected chi connectivity index (χ4v) is 3.34. The predicted molar refractivity (Wildman–Crippen MR) is 79.3 cm³/mol. The first kappa shape index (κ1) is 14.7. The standard InChI is InChI=1S/C14H22BrN3O/c1-4-7-18-12(11(15)8-17-18)13(19)14(10(2)3)5-6-16-9-14/h8,10,16H,4-7,9H2,1-3H3. The van der Waals surface area contributed by atoms with Crippen molar-refractivity contribution in [3.05, 3.63) is 16.4 Å². The summed E-state index contributed by atoms with van der Waals surface area (Å²) < 4.78 is 2.66. The molecule has 1 aliphatic heterocycles. The Labute approximate surface area is 123 Å². The van der Waals surface area contributed by atoms with Crippen molar-refractivity contribution in [1.29, 1.82) is 0 Å². The average Bonchev–Trinajstić information content (AvgIpc) is 2.97. The van der Waals surface area contributed by atoms with E-state index in [0.717, 1.165) is 42.6 Å². The predicted octanol–water partition coefficient (Wildman–Crippen LogP) is 2.87. The first-order valence-corrected chi connectivity index (χ1v) is 7.79. The second-order valence-corrected chi connectivity index (χ2v) is 6.49. The summed E-state index contributed by atoms with van der Waals surface area (Å²) in [5, 5.41) is 7.66. The number of rotatable bonds is 5. The summed E-state index contributed by atoms with van der Waals surface area (Å²) in [5.74, 6) is 0.553. The van der Waals surface area contributed by atoms with Gasteiger partial charge < -0.3 is 5.32 Å². The summed E-state index contributed by atoms with van der Waals surface area (Å²) >= 11 is 3.48. The molecule has 5 heteroatoms. The summed E-state index contributed by atoms with van der Waals surface area (Å²) in [6.45, 7) is 8.85. The van der Waals surface area contributed by atoms with Gasteiger partial charge in [-0.2, -0.15) is 5.10 Å². The number of carbonyl (C=O) groups is 1. The molecule has 0 amide bonds. The lowest BCUT2D eigenvalue weighted by atomic mass is 9.72. The average molecular weight is 328 g/mol. The molecular weight excluding hydrogens is 306 g/mol. The summed E-state index contributed by atoms with van der Waals surface area (Å²) in [5.41, 5.74) is 0.452. The van der Waals surface area contributed by atoms with Gasteiger partial charge in [-0.25, -0.2) is 0 Å². The molecule has 1 N–H and O–H groups in total. The Morgan fingerprint density at radius 3 is 2.89 bits per heavy atom. The van der Waals surface area contributed by atoms with Crippen molar-refractivity contribution >= 4 is 21.7 Å². The Hall–Kier alpha value is -0.680. The molecular formula is C14H22BrN3O. The molecule has 0 spiro atoms. The maximum absolute atomic E-state index is 13.1. The van der Waals surface area contributed by atoms with Crippen molar-refractivity contribution in [3.63, 3.8) is 0 Å². The lowest BCUT2D eigenvalue weighted by Gasteiger charge is -2.31. The van der Waals surface area contributed by atoms with E-state index in [0.29, 0.717) is 5.92 Å². The van der Waals surface area contributed by atoms with Crippen LogP contribution >= 0.6 is 15.9 Å². The van der Waals surface area contributed by atoms with Crippen LogP contribution in [0.4, 0.5) is 0 Å². The smallest absolute Gasteiger partial charge is 0.189 e. The highest BCUT2D eigenvalue weighted by Gasteiger charge is 2.45. The SMILES string of the molecule is CCCn1ncc(Br)c1C(=O)C1(C(C)C)CCNC1. The van der Waals surface area contributed by atoms with Gasteiger partial charge in [0, 0.05) is 13.1 Å². The Bertz CT molecular complexity index is 461. The van der Waals surface area contributed by atoms with E-state index in [9.17, 15) is 4.79 Å². The number of Topliss-reactive ketones (excluding diaryl/α,β-unsaturated/α-hetero) is 1. The molecule has 0 aromatic carbocycles. The maximum Gasteiger partial charge on any atom is 0.189 e. The topological polar surface area (TPSA) is 46.9 Å². The van der Waals surface area contributed by atoms with E-state index in [2.05, 4.69) is 47.1 Å². The highest BCUT2D eigenvalue weighted by atomic mass is 79.9. The molecule has 1 aliphatic rings. The lowest BCUT2D eigenvalue weighted by molar-refractivity contribution is 0.0726. The van der Waals surface area contributed by atoms with Gasteiger partial charge in [0.25, 0.3) is 0 Å². The second kappa shape index (κ2) is 5.75. The maximum atomic E-state index is 13.1. The van der Waals surface area contributed by atoms with Crippen LogP contribution in [0.3, 0.4) is 0 Å². The number of ketones is 1. The molecule has 106 valence electrons. The van der Waals surface area contributed by atoms with Crippen molar-refractivity contribution in [2.45, 2.75) is 40.2 Å². The van der Waals surface area contributed by atoms with Crippen LogP contribution in [-0.4, -0.2) is 28.7 Å². The van der Waals surface area contributed by atoms with Crippen LogP contribution in [0, 0.1) is 11.3 Å². The number of nitrogens with zero attached hydrogens (tertiary/aromatic N) is 2. The minimum absolute atomic E-state index is 0.227. The number of hydrogen-bond donors (Lipinski definition) is 1. The summed E-state index contributed by atoms with van der Waals surface area (Å²) in [7, 11) is 0. The van der Waals surface area contributed by atoms with Crippen molar-refractivity contribution < 1.29 is 4.79 Å². The van der Waals surface area contributed by atoms with Gasteiger partial charge in [0.05, 0.1) is 16.1 Å². The number of aromatic nitrogens is 2. The molecule has 1 atom stereocenters. The van der Waals surface area contributed by atoms with Crippen molar-refractivity contribution in [3.8, 4) is 0 Å². The third-order valence-corrected chi connectivity index (χ3v) is 4.77. The quantitative estimate of drug-likeness (QED) is 0.846. The minimum atomic E-state index is -0.284. The van der Waals surface area contributed by atoms with E-state index in [4.69, 9.17) is 0 Å². The van der Waals surface area contributed by atoms with Crippen LogP contribution in [0.1, 0.15) is 44.1 Å². The zero-order valence-electron chi connectivity index (χ0n) is 11.9. The van der Waals surface area contributed by atoms with Gasteiger partial charge in [0.1, 0.15) is 5.69 Å². The molecule has 0 aliphatic carbocycles. The summed E-state index contributed by atoms with van der Waals surface area (Å²) in [6.07, 6.45) is 3.62. The molecule has 1 aromatic rings. The lowest BCUT2D eigenvalue weighted by Crippen LogP contribution is -2.39. The van der Waals surface area contributed by atoms with Gasteiger partial charge in [-0.1, -0.05) is 20.8 Å². The fourth-order valence-electron chi connectivity index (χ4n) is 2.87. The van der Waals surface area contributed by atoms with Gasteiger partial charge in [0.2, 0.25) is 0 Å². The normalized spacial score (nSPS) is 23.2. The molecule has 4 nitrogen and oxygen atoms in total. The van der Waals surface area contributed by atoms with Crippen LogP contribution in [0.25, 0.3) is 0 Å². The molecule has 2 heterocycles. The molecule has 0 saturated carbocycles. The van der Waals surface area contributed by atoms with E-state index < -0.39 is 0 Å². The fraction of sp³-hybridized carbons (Fsp3) is 0.714. The number of halogens is 1. The van der Waals surface area contributed by atoms with Crippen LogP contribution in [0.5, 0.6) is 0 Å². The van der Waals surface area contributed by atoms with Crippen molar-refractivity contribution in [2.24, 2.45) is 11.3 Å². The molecule has 0 radical (unpaired) electrons. The van der Waals surface area contributed by atoms with E-state index in [1.165, 1.54) is 0 Å². The monoisotopic (exact) mass is 327 g/mol. The highest BCUT2D eigenvalue weighted by Crippen LogP contribution is 2.39. The van der Waals surface area contributed by atoms with Crippen LogP contribution in [0.2, 0.25) is 0 Å². The molecule has 1 fully saturated rings. The van der Waals surface area contributed by atoms with Gasteiger partial charge in [-0.05, 0) is 41.2 Å². The Morgan fingerprint density at radius 1 is 1.63 bits per heavy atom. The third kappa shape index (κ3) is 2.50. The van der Waals surface area contributed by atoms with Gasteiger partial charge in [0.15, 0.2) is 5.78 Å². The molecule has 19 heavy (non-hydrogen) atoms. The number of carbonyl (C=O) groups excluding carboxylic acids is 1. The van der Waals surface area contributed by atoms with Gasteiger partial charge in [-0.15, -0.1) is 0 Å². The zero-order chi connectivity index (χ0) is 14.0. The largest absolute Gasteiger partial charge is 0.316 e. The van der Waals surface area contributed by atoms with Crippen molar-refractivity contribution in [1.82, 2.24) is 15.1 Å². The Kier molecular flexibility index (Phi) is 4.46.